The number of hydrogen-bond acceptors (Lipinski definition) is 4. The predicted molar refractivity (Wildman–Crippen MR) is 102 cm³/mol. The Morgan fingerprint density at radius 3 is 2.04 bits per heavy atom. The molecular formula is C17H22BrClN4O. The van der Waals surface area contributed by atoms with Gasteiger partial charge >= 0.3 is 0 Å². The van der Waals surface area contributed by atoms with Crippen LogP contribution < -0.4 is 11.1 Å². The number of nitrogens with zero attached hydrogens (tertiary/aromatic N) is 2. The van der Waals surface area contributed by atoms with Crippen LogP contribution in [0.2, 0.25) is 0 Å². The molecule has 2 aromatic rings. The van der Waals surface area contributed by atoms with E-state index in [-0.39, 0.29) is 23.7 Å². The van der Waals surface area contributed by atoms with E-state index in [1.165, 1.54) is 0 Å². The first-order valence-corrected chi connectivity index (χ1v) is 8.09. The largest absolute Gasteiger partial charge is 0.322 e. The molecule has 24 heavy (non-hydrogen) atoms. The van der Waals surface area contributed by atoms with Crippen molar-refractivity contribution in [1.82, 2.24) is 9.97 Å². The molecule has 0 spiro atoms. The first kappa shape index (κ1) is 20.5. The second-order valence-corrected chi connectivity index (χ2v) is 7.62. The van der Waals surface area contributed by atoms with Crippen LogP contribution in [0.3, 0.4) is 0 Å². The molecule has 0 fully saturated rings. The summed E-state index contributed by atoms with van der Waals surface area (Å²) in [4.78, 5) is 21.1. The summed E-state index contributed by atoms with van der Waals surface area (Å²) in [6.07, 6.45) is 3.20. The van der Waals surface area contributed by atoms with Gasteiger partial charge in [-0.15, -0.1) is 12.4 Å². The molecule has 1 atom stereocenters. The number of hydrogen-bond donors (Lipinski definition) is 2. The summed E-state index contributed by atoms with van der Waals surface area (Å²) in [5, 5.41) is 2.77. The maximum atomic E-state index is 12.5. The van der Waals surface area contributed by atoms with Gasteiger partial charge in [0.2, 0.25) is 5.91 Å². The number of halogens is 2. The van der Waals surface area contributed by atoms with Gasteiger partial charge in [0, 0.05) is 9.89 Å². The van der Waals surface area contributed by atoms with E-state index in [1.54, 1.807) is 19.3 Å². The third-order valence-corrected chi connectivity index (χ3v) is 4.02. The topological polar surface area (TPSA) is 80.9 Å². The fourth-order valence-corrected chi connectivity index (χ4v) is 2.23. The summed E-state index contributed by atoms with van der Waals surface area (Å²) in [6.45, 7) is 7.77. The van der Waals surface area contributed by atoms with Crippen LogP contribution in [0.4, 0.5) is 5.69 Å². The number of rotatable bonds is 3. The molecule has 0 radical (unpaired) electrons. The smallest absolute Gasteiger partial charge is 0.248 e. The van der Waals surface area contributed by atoms with Gasteiger partial charge in [0.15, 0.2) is 0 Å². The number of nitrogens with one attached hydrogen (secondary N) is 1. The second kappa shape index (κ2) is 7.59. The van der Waals surface area contributed by atoms with Gasteiger partial charge in [-0.1, -0.05) is 48.8 Å². The Balaban J connectivity index is 0.00000288. The summed E-state index contributed by atoms with van der Waals surface area (Å²) in [6, 6.07) is 7.36. The normalized spacial score (nSPS) is 13.6. The van der Waals surface area contributed by atoms with Gasteiger partial charge in [-0.2, -0.15) is 0 Å². The van der Waals surface area contributed by atoms with E-state index in [0.717, 1.165) is 15.9 Å². The van der Waals surface area contributed by atoms with Gasteiger partial charge < -0.3 is 11.1 Å². The van der Waals surface area contributed by atoms with Gasteiger partial charge in [-0.3, -0.25) is 4.79 Å². The molecule has 2 rings (SSSR count). The Morgan fingerprint density at radius 2 is 1.58 bits per heavy atom. The lowest BCUT2D eigenvalue weighted by Gasteiger charge is -2.24. The number of carbonyl (C=O) groups is 1. The van der Waals surface area contributed by atoms with Crippen LogP contribution in [0, 0.1) is 0 Å². The third kappa shape index (κ3) is 4.75. The average molecular weight is 414 g/mol. The number of aromatic nitrogens is 2. The van der Waals surface area contributed by atoms with Crippen molar-refractivity contribution in [2.24, 2.45) is 5.73 Å². The summed E-state index contributed by atoms with van der Waals surface area (Å²) in [7, 11) is 0. The molecule has 0 aliphatic rings. The summed E-state index contributed by atoms with van der Waals surface area (Å²) in [5.74, 6) is 0.408. The van der Waals surface area contributed by atoms with Crippen LogP contribution in [0.15, 0.2) is 41.1 Å². The Labute approximate surface area is 157 Å². The predicted octanol–water partition coefficient (Wildman–Crippen LogP) is 3.77. The Kier molecular flexibility index (Phi) is 6.50. The van der Waals surface area contributed by atoms with Crippen molar-refractivity contribution in [1.29, 1.82) is 0 Å². The Morgan fingerprint density at radius 1 is 1.08 bits per heavy atom. The molecule has 0 saturated carbocycles. The Bertz CT molecular complexity index is 694. The highest BCUT2D eigenvalue weighted by Gasteiger charge is 2.30. The number of anilines is 1. The van der Waals surface area contributed by atoms with E-state index in [2.05, 4.69) is 31.2 Å². The minimum absolute atomic E-state index is 0. The second-order valence-electron chi connectivity index (χ2n) is 6.71. The number of carbonyl (C=O) groups excluding carboxylic acids is 1. The van der Waals surface area contributed by atoms with Crippen molar-refractivity contribution >= 4 is 39.9 Å². The molecule has 1 heterocycles. The first-order chi connectivity index (χ1) is 10.6. The fraction of sp³-hybridized carbons (Fsp3) is 0.353. The van der Waals surface area contributed by atoms with Crippen molar-refractivity contribution in [3.8, 4) is 0 Å². The lowest BCUT2D eigenvalue weighted by atomic mass is 9.92. The van der Waals surface area contributed by atoms with Gasteiger partial charge in [0.25, 0.3) is 0 Å². The molecule has 3 N–H and O–H groups in total. The summed E-state index contributed by atoms with van der Waals surface area (Å²) in [5.41, 5.74) is 6.18. The van der Waals surface area contributed by atoms with E-state index < -0.39 is 5.54 Å². The maximum absolute atomic E-state index is 12.5. The molecule has 1 amide bonds. The minimum Gasteiger partial charge on any atom is -0.322 e. The van der Waals surface area contributed by atoms with Crippen LogP contribution in [-0.2, 0) is 15.7 Å². The van der Waals surface area contributed by atoms with Crippen molar-refractivity contribution < 1.29 is 4.79 Å². The van der Waals surface area contributed by atoms with Crippen LogP contribution in [0.1, 0.15) is 39.1 Å². The van der Waals surface area contributed by atoms with Crippen molar-refractivity contribution in [3.63, 3.8) is 0 Å². The number of amides is 1. The zero-order valence-corrected chi connectivity index (χ0v) is 16.5. The van der Waals surface area contributed by atoms with Gasteiger partial charge in [0.05, 0.1) is 18.1 Å². The number of benzene rings is 1. The van der Waals surface area contributed by atoms with Crippen LogP contribution in [0.25, 0.3) is 0 Å². The molecule has 7 heteroatoms. The fourth-order valence-electron chi connectivity index (χ4n) is 1.97. The third-order valence-electron chi connectivity index (χ3n) is 3.50. The zero-order valence-electron chi connectivity index (χ0n) is 14.1. The minimum atomic E-state index is -1.15. The quantitative estimate of drug-likeness (QED) is 0.802. The van der Waals surface area contributed by atoms with Crippen molar-refractivity contribution in [2.75, 3.05) is 5.32 Å². The number of nitrogens with two attached hydrogens (primary N) is 1. The van der Waals surface area contributed by atoms with Crippen molar-refractivity contribution in [3.05, 3.63) is 52.5 Å². The van der Waals surface area contributed by atoms with E-state index in [9.17, 15) is 4.79 Å². The summed E-state index contributed by atoms with van der Waals surface area (Å²) < 4.78 is 0.934. The zero-order chi connectivity index (χ0) is 17.3. The first-order valence-electron chi connectivity index (χ1n) is 7.29. The van der Waals surface area contributed by atoms with Crippen LogP contribution in [0.5, 0.6) is 0 Å². The molecule has 0 saturated heterocycles. The molecular weight excluding hydrogens is 392 g/mol. The van der Waals surface area contributed by atoms with Crippen LogP contribution in [-0.4, -0.2) is 15.9 Å². The van der Waals surface area contributed by atoms with Crippen LogP contribution >= 0.6 is 28.3 Å². The molecule has 0 aliphatic heterocycles. The van der Waals surface area contributed by atoms with E-state index >= 15 is 0 Å². The van der Waals surface area contributed by atoms with E-state index in [0.29, 0.717) is 5.69 Å². The standard InChI is InChI=1S/C17H21BrN4O.ClH/c1-16(2,3)14-20-9-13(10-21-14)22-15(23)17(4,19)11-5-7-12(18)8-6-11;/h5-10H,19H2,1-4H3,(H,22,23);1H. The maximum Gasteiger partial charge on any atom is 0.248 e. The van der Waals surface area contributed by atoms with E-state index in [4.69, 9.17) is 5.73 Å². The highest BCUT2D eigenvalue weighted by molar-refractivity contribution is 9.10. The SMILES string of the molecule is CC(C)(C)c1ncc(NC(=O)C(C)(N)c2ccc(Br)cc2)cn1.Cl. The molecule has 0 bridgehead atoms. The van der Waals surface area contributed by atoms with Crippen molar-refractivity contribution in [2.45, 2.75) is 38.6 Å². The highest BCUT2D eigenvalue weighted by Crippen LogP contribution is 2.23. The van der Waals surface area contributed by atoms with Gasteiger partial charge in [-0.25, -0.2) is 9.97 Å². The monoisotopic (exact) mass is 412 g/mol. The van der Waals surface area contributed by atoms with Gasteiger partial charge in [0.1, 0.15) is 11.4 Å². The molecule has 1 aromatic heterocycles. The van der Waals surface area contributed by atoms with Gasteiger partial charge in [-0.05, 0) is 24.6 Å². The molecule has 0 aliphatic carbocycles. The molecule has 1 aromatic carbocycles. The molecule has 5 nitrogen and oxygen atoms in total. The lowest BCUT2D eigenvalue weighted by molar-refractivity contribution is -0.120. The average Bonchev–Trinajstić information content (AvgIpc) is 2.47. The molecule has 130 valence electrons. The highest BCUT2D eigenvalue weighted by atomic mass is 79.9. The summed E-state index contributed by atoms with van der Waals surface area (Å²) >= 11 is 3.37. The lowest BCUT2D eigenvalue weighted by Crippen LogP contribution is -2.45. The van der Waals surface area contributed by atoms with E-state index in [1.807, 2.05) is 45.0 Å². The Hall–Kier alpha value is -1.50. The molecule has 1 unspecified atom stereocenters.